The maximum absolute atomic E-state index is 6.38. The van der Waals surface area contributed by atoms with E-state index < -0.39 is 0 Å². The molecule has 2 aromatic heterocycles. The molecule has 0 bridgehead atoms. The van der Waals surface area contributed by atoms with Crippen molar-refractivity contribution in [1.82, 2.24) is 14.9 Å². The molecule has 1 aliphatic heterocycles. The summed E-state index contributed by atoms with van der Waals surface area (Å²) in [4.78, 5) is 4.10. The molecule has 3 nitrogen and oxygen atoms in total. The van der Waals surface area contributed by atoms with Gasteiger partial charge >= 0.3 is 0 Å². The third-order valence-electron chi connectivity index (χ3n) is 3.88. The first-order valence-electron chi connectivity index (χ1n) is 6.94. The highest BCUT2D eigenvalue weighted by atomic mass is 35.5. The van der Waals surface area contributed by atoms with Gasteiger partial charge in [0.05, 0.1) is 11.4 Å². The van der Waals surface area contributed by atoms with E-state index in [0.29, 0.717) is 0 Å². The maximum atomic E-state index is 6.38. The molecule has 4 rings (SSSR count). The van der Waals surface area contributed by atoms with Gasteiger partial charge in [0.15, 0.2) is 0 Å². The molecule has 1 N–H and O–H groups in total. The molecule has 21 heavy (non-hydrogen) atoms. The van der Waals surface area contributed by atoms with E-state index in [1.54, 1.807) is 0 Å². The number of pyridine rings is 1. The first-order valence-corrected chi connectivity index (χ1v) is 7.32. The number of aromatic nitrogens is 2. The second-order valence-electron chi connectivity index (χ2n) is 5.12. The highest BCUT2D eigenvalue weighted by Crippen LogP contribution is 2.32. The van der Waals surface area contributed by atoms with Crippen molar-refractivity contribution in [2.75, 3.05) is 0 Å². The van der Waals surface area contributed by atoms with Gasteiger partial charge in [-0.25, -0.2) is 0 Å². The number of nitrogens with one attached hydrogen (secondary N) is 1. The van der Waals surface area contributed by atoms with Gasteiger partial charge < -0.3 is 9.88 Å². The van der Waals surface area contributed by atoms with Crippen molar-refractivity contribution in [2.45, 2.75) is 13.1 Å². The Labute approximate surface area is 128 Å². The van der Waals surface area contributed by atoms with Gasteiger partial charge in [-0.3, -0.25) is 4.98 Å². The van der Waals surface area contributed by atoms with Crippen molar-refractivity contribution in [1.29, 1.82) is 0 Å². The van der Waals surface area contributed by atoms with Crippen LogP contribution in [0.1, 0.15) is 11.3 Å². The zero-order valence-electron chi connectivity index (χ0n) is 11.4. The summed E-state index contributed by atoms with van der Waals surface area (Å²) in [5, 5.41) is 4.26. The summed E-state index contributed by atoms with van der Waals surface area (Å²) in [6.45, 7) is 1.61. The van der Waals surface area contributed by atoms with E-state index in [9.17, 15) is 0 Å². The van der Waals surface area contributed by atoms with E-state index >= 15 is 0 Å². The Bertz CT molecular complexity index is 793. The van der Waals surface area contributed by atoms with Crippen LogP contribution >= 0.6 is 11.6 Å². The number of halogens is 1. The van der Waals surface area contributed by atoms with Crippen molar-refractivity contribution >= 4 is 11.6 Å². The van der Waals surface area contributed by atoms with E-state index in [0.717, 1.165) is 34.9 Å². The second kappa shape index (κ2) is 5.02. The Morgan fingerprint density at radius 2 is 1.86 bits per heavy atom. The molecule has 3 aromatic rings. The van der Waals surface area contributed by atoms with E-state index in [2.05, 4.69) is 33.1 Å². The summed E-state index contributed by atoms with van der Waals surface area (Å²) >= 11 is 6.38. The minimum absolute atomic E-state index is 0.784. The average Bonchev–Trinajstić information content (AvgIpc) is 2.84. The maximum Gasteiger partial charge on any atom is 0.0533 e. The van der Waals surface area contributed by atoms with Gasteiger partial charge in [-0.2, -0.15) is 0 Å². The number of fused-ring (bicyclic) bond motifs is 3. The van der Waals surface area contributed by atoms with Crippen LogP contribution in [0.25, 0.3) is 16.9 Å². The van der Waals surface area contributed by atoms with Crippen LogP contribution in [0.3, 0.4) is 0 Å². The minimum atomic E-state index is 0.784. The lowest BCUT2D eigenvalue weighted by molar-refractivity contribution is 0.694. The molecule has 0 atom stereocenters. The SMILES string of the molecule is Clc1cccc2c1CNCc1ccc(-c3ccncc3)n1-2. The van der Waals surface area contributed by atoms with Crippen LogP contribution in [0.5, 0.6) is 0 Å². The zero-order chi connectivity index (χ0) is 14.2. The Hall–Kier alpha value is -2.10. The van der Waals surface area contributed by atoms with E-state index in [1.807, 2.05) is 36.7 Å². The molecule has 0 radical (unpaired) electrons. The van der Waals surface area contributed by atoms with Gasteiger partial charge in [0.1, 0.15) is 0 Å². The monoisotopic (exact) mass is 295 g/mol. The fraction of sp³-hybridized carbons (Fsp3) is 0.118. The topological polar surface area (TPSA) is 29.9 Å². The zero-order valence-corrected chi connectivity index (χ0v) is 12.1. The molecule has 0 fully saturated rings. The molecule has 4 heteroatoms. The lowest BCUT2D eigenvalue weighted by Crippen LogP contribution is -2.10. The van der Waals surface area contributed by atoms with Gasteiger partial charge in [0.2, 0.25) is 0 Å². The second-order valence-corrected chi connectivity index (χ2v) is 5.53. The van der Waals surface area contributed by atoms with Gasteiger partial charge in [-0.05, 0) is 36.4 Å². The number of rotatable bonds is 1. The normalized spacial score (nSPS) is 13.4. The third-order valence-corrected chi connectivity index (χ3v) is 4.23. The lowest BCUT2D eigenvalue weighted by Gasteiger charge is -2.14. The molecule has 0 unspecified atom stereocenters. The molecular weight excluding hydrogens is 282 g/mol. The molecule has 104 valence electrons. The predicted molar refractivity (Wildman–Crippen MR) is 84.6 cm³/mol. The van der Waals surface area contributed by atoms with Crippen LogP contribution in [-0.4, -0.2) is 9.55 Å². The van der Waals surface area contributed by atoms with Crippen LogP contribution in [0.15, 0.2) is 54.9 Å². The smallest absolute Gasteiger partial charge is 0.0533 e. The van der Waals surface area contributed by atoms with E-state index in [1.165, 1.54) is 11.4 Å². The Morgan fingerprint density at radius 3 is 2.71 bits per heavy atom. The predicted octanol–water partition coefficient (Wildman–Crippen LogP) is 3.80. The molecule has 0 saturated heterocycles. The van der Waals surface area contributed by atoms with Crippen molar-refractivity contribution in [3.63, 3.8) is 0 Å². The van der Waals surface area contributed by atoms with Crippen molar-refractivity contribution in [3.05, 3.63) is 71.1 Å². The van der Waals surface area contributed by atoms with Gasteiger partial charge in [-0.15, -0.1) is 0 Å². The van der Waals surface area contributed by atoms with Crippen LogP contribution in [0, 0.1) is 0 Å². The summed E-state index contributed by atoms with van der Waals surface area (Å²) in [7, 11) is 0. The molecule has 0 aliphatic carbocycles. The minimum Gasteiger partial charge on any atom is -0.312 e. The number of nitrogens with zero attached hydrogens (tertiary/aromatic N) is 2. The fourth-order valence-electron chi connectivity index (χ4n) is 2.90. The standard InChI is InChI=1S/C17H14ClN3/c18-15-2-1-3-17-14(15)11-20-10-13-4-5-16(21(13)17)12-6-8-19-9-7-12/h1-9,20H,10-11H2. The molecule has 1 aromatic carbocycles. The summed E-state index contributed by atoms with van der Waals surface area (Å²) in [5.74, 6) is 0. The highest BCUT2D eigenvalue weighted by Gasteiger charge is 2.18. The summed E-state index contributed by atoms with van der Waals surface area (Å²) in [5.41, 5.74) is 5.86. The van der Waals surface area contributed by atoms with Crippen LogP contribution < -0.4 is 5.32 Å². The van der Waals surface area contributed by atoms with Crippen molar-refractivity contribution < 1.29 is 0 Å². The van der Waals surface area contributed by atoms with Gasteiger partial charge in [-0.1, -0.05) is 17.7 Å². The van der Waals surface area contributed by atoms with Crippen LogP contribution in [0.2, 0.25) is 5.02 Å². The first kappa shape index (κ1) is 12.6. The highest BCUT2D eigenvalue weighted by molar-refractivity contribution is 6.31. The Morgan fingerprint density at radius 1 is 1.00 bits per heavy atom. The first-order chi connectivity index (χ1) is 10.3. The quantitative estimate of drug-likeness (QED) is 0.740. The number of hydrogen-bond donors (Lipinski definition) is 1. The molecule has 1 aliphatic rings. The summed E-state index contributed by atoms with van der Waals surface area (Å²) < 4.78 is 2.29. The molecule has 3 heterocycles. The van der Waals surface area contributed by atoms with E-state index in [-0.39, 0.29) is 0 Å². The van der Waals surface area contributed by atoms with Crippen molar-refractivity contribution in [2.24, 2.45) is 0 Å². The Kier molecular flexibility index (Phi) is 3.02. The molecule has 0 amide bonds. The molecule has 0 spiro atoms. The number of hydrogen-bond acceptors (Lipinski definition) is 2. The van der Waals surface area contributed by atoms with Crippen molar-refractivity contribution in [3.8, 4) is 16.9 Å². The lowest BCUT2D eigenvalue weighted by atomic mass is 10.1. The largest absolute Gasteiger partial charge is 0.312 e. The average molecular weight is 296 g/mol. The number of benzene rings is 1. The Balaban J connectivity index is 2.00. The molecular formula is C17H14ClN3. The third kappa shape index (κ3) is 2.06. The van der Waals surface area contributed by atoms with Gasteiger partial charge in [0, 0.05) is 47.3 Å². The molecule has 0 saturated carbocycles. The summed E-state index contributed by atoms with van der Waals surface area (Å²) in [6.07, 6.45) is 3.65. The van der Waals surface area contributed by atoms with Crippen LogP contribution in [0.4, 0.5) is 0 Å². The van der Waals surface area contributed by atoms with E-state index in [4.69, 9.17) is 11.6 Å². The van der Waals surface area contributed by atoms with Crippen LogP contribution in [-0.2, 0) is 13.1 Å². The summed E-state index contributed by atoms with van der Waals surface area (Å²) in [6, 6.07) is 14.5. The fourth-order valence-corrected chi connectivity index (χ4v) is 3.13. The van der Waals surface area contributed by atoms with Gasteiger partial charge in [0.25, 0.3) is 0 Å².